The molecular weight excluding hydrogens is 334 g/mol. The smallest absolute Gasteiger partial charge is 0.180 e. The maximum atomic E-state index is 4.71. The molecule has 3 aromatic rings. The van der Waals surface area contributed by atoms with Crippen LogP contribution in [0.3, 0.4) is 0 Å². The summed E-state index contributed by atoms with van der Waals surface area (Å²) >= 11 is 0. The topological polar surface area (TPSA) is 53.9 Å². The average molecular weight is 361 g/mol. The van der Waals surface area contributed by atoms with Crippen molar-refractivity contribution in [2.45, 2.75) is 33.9 Å². The van der Waals surface area contributed by atoms with Crippen LogP contribution in [0.15, 0.2) is 48.7 Å². The number of pyridine rings is 1. The summed E-state index contributed by atoms with van der Waals surface area (Å²) in [6.07, 6.45) is 1.76. The zero-order valence-electron chi connectivity index (χ0n) is 16.5. The van der Waals surface area contributed by atoms with E-state index in [-0.39, 0.29) is 0 Å². The second kappa shape index (κ2) is 8.73. The highest BCUT2D eigenvalue weighted by Crippen LogP contribution is 2.21. The molecule has 0 saturated heterocycles. The third-order valence-corrected chi connectivity index (χ3v) is 4.73. The van der Waals surface area contributed by atoms with Gasteiger partial charge >= 0.3 is 0 Å². The number of benzene rings is 1. The zero-order valence-corrected chi connectivity index (χ0v) is 16.5. The van der Waals surface area contributed by atoms with Gasteiger partial charge in [-0.25, -0.2) is 9.97 Å². The summed E-state index contributed by atoms with van der Waals surface area (Å²) in [6.45, 7) is 8.95. The van der Waals surface area contributed by atoms with Crippen molar-refractivity contribution in [2.24, 2.45) is 0 Å². The summed E-state index contributed by atoms with van der Waals surface area (Å²) in [5, 5.41) is 3.48. The Bertz CT molecular complexity index is 892. The maximum absolute atomic E-state index is 4.71. The first-order chi connectivity index (χ1) is 13.1. The molecular formula is C22H27N5. The van der Waals surface area contributed by atoms with Crippen LogP contribution in [-0.4, -0.2) is 33.4 Å². The minimum atomic E-state index is 0.652. The fourth-order valence-corrected chi connectivity index (χ4v) is 2.86. The number of rotatable bonds is 7. The van der Waals surface area contributed by atoms with E-state index in [2.05, 4.69) is 58.4 Å². The van der Waals surface area contributed by atoms with Crippen LogP contribution in [-0.2, 0) is 13.1 Å². The summed E-state index contributed by atoms with van der Waals surface area (Å²) < 4.78 is 0. The normalized spacial score (nSPS) is 11.0. The van der Waals surface area contributed by atoms with Gasteiger partial charge in [-0.2, -0.15) is 0 Å². The SMILES string of the molecule is CCN(C)Cc1cccc(CNc2nc(-c3ccccn3)nc(C)c2C)c1. The molecule has 0 aliphatic heterocycles. The molecule has 1 aromatic carbocycles. The molecule has 0 atom stereocenters. The Hall–Kier alpha value is -2.79. The van der Waals surface area contributed by atoms with Gasteiger partial charge in [-0.05, 0) is 50.7 Å². The molecule has 2 aromatic heterocycles. The van der Waals surface area contributed by atoms with E-state index >= 15 is 0 Å². The standard InChI is InChI=1S/C22H27N5/c1-5-27(4)15-19-10-8-9-18(13-19)14-24-21-16(2)17(3)25-22(26-21)20-11-6-7-12-23-20/h6-13H,5,14-15H2,1-4H3,(H,24,25,26). The summed E-state index contributed by atoms with van der Waals surface area (Å²) in [6, 6.07) is 14.5. The van der Waals surface area contributed by atoms with Gasteiger partial charge in [-0.15, -0.1) is 0 Å². The van der Waals surface area contributed by atoms with Crippen LogP contribution in [0.2, 0.25) is 0 Å². The molecule has 0 saturated carbocycles. The number of nitrogens with one attached hydrogen (secondary N) is 1. The predicted molar refractivity (Wildman–Crippen MR) is 111 cm³/mol. The molecule has 140 valence electrons. The third kappa shape index (κ3) is 4.89. The lowest BCUT2D eigenvalue weighted by Gasteiger charge is -2.15. The van der Waals surface area contributed by atoms with E-state index in [1.54, 1.807) is 6.20 Å². The largest absolute Gasteiger partial charge is 0.366 e. The number of hydrogen-bond donors (Lipinski definition) is 1. The first-order valence-corrected chi connectivity index (χ1v) is 9.33. The molecule has 0 radical (unpaired) electrons. The van der Waals surface area contributed by atoms with Gasteiger partial charge in [0.15, 0.2) is 5.82 Å². The van der Waals surface area contributed by atoms with Gasteiger partial charge in [-0.1, -0.05) is 37.3 Å². The molecule has 0 spiro atoms. The highest BCUT2D eigenvalue weighted by molar-refractivity contribution is 5.56. The fourth-order valence-electron chi connectivity index (χ4n) is 2.86. The Balaban J connectivity index is 1.78. The maximum Gasteiger partial charge on any atom is 0.180 e. The van der Waals surface area contributed by atoms with Gasteiger partial charge in [0, 0.05) is 30.5 Å². The summed E-state index contributed by atoms with van der Waals surface area (Å²) in [7, 11) is 2.14. The minimum Gasteiger partial charge on any atom is -0.366 e. The lowest BCUT2D eigenvalue weighted by molar-refractivity contribution is 0.345. The molecule has 5 heteroatoms. The summed E-state index contributed by atoms with van der Waals surface area (Å²) in [5.41, 5.74) is 5.38. The van der Waals surface area contributed by atoms with Gasteiger partial charge in [0.05, 0.1) is 0 Å². The number of nitrogens with zero attached hydrogens (tertiary/aromatic N) is 4. The zero-order chi connectivity index (χ0) is 19.2. The van der Waals surface area contributed by atoms with Crippen LogP contribution >= 0.6 is 0 Å². The Morgan fingerprint density at radius 1 is 1.00 bits per heavy atom. The van der Waals surface area contributed by atoms with Crippen molar-refractivity contribution >= 4 is 5.82 Å². The number of aryl methyl sites for hydroxylation is 1. The molecule has 0 bridgehead atoms. The first kappa shape index (κ1) is 19.0. The fraction of sp³-hybridized carbons (Fsp3) is 0.318. The van der Waals surface area contributed by atoms with Crippen LogP contribution in [0.5, 0.6) is 0 Å². The Labute approximate surface area is 161 Å². The van der Waals surface area contributed by atoms with Gasteiger partial charge in [-0.3, -0.25) is 4.98 Å². The van der Waals surface area contributed by atoms with E-state index in [1.165, 1.54) is 11.1 Å². The minimum absolute atomic E-state index is 0.652. The lowest BCUT2D eigenvalue weighted by Crippen LogP contribution is -2.16. The highest BCUT2D eigenvalue weighted by Gasteiger charge is 2.10. The number of anilines is 1. The second-order valence-electron chi connectivity index (χ2n) is 6.83. The summed E-state index contributed by atoms with van der Waals surface area (Å²) in [5.74, 6) is 1.51. The van der Waals surface area contributed by atoms with Crippen molar-refractivity contribution in [1.82, 2.24) is 19.9 Å². The lowest BCUT2D eigenvalue weighted by atomic mass is 10.1. The van der Waals surface area contributed by atoms with Crippen LogP contribution < -0.4 is 5.32 Å². The van der Waals surface area contributed by atoms with Crippen LogP contribution in [0.1, 0.15) is 29.3 Å². The molecule has 3 rings (SSSR count). The van der Waals surface area contributed by atoms with Crippen molar-refractivity contribution in [3.63, 3.8) is 0 Å². The van der Waals surface area contributed by atoms with Crippen molar-refractivity contribution in [3.8, 4) is 11.5 Å². The van der Waals surface area contributed by atoms with Gasteiger partial charge < -0.3 is 10.2 Å². The van der Waals surface area contributed by atoms with Crippen LogP contribution in [0.4, 0.5) is 5.82 Å². The predicted octanol–water partition coefficient (Wildman–Crippen LogP) is 4.22. The van der Waals surface area contributed by atoms with E-state index in [0.717, 1.165) is 42.4 Å². The van der Waals surface area contributed by atoms with E-state index in [9.17, 15) is 0 Å². The molecule has 5 nitrogen and oxygen atoms in total. The van der Waals surface area contributed by atoms with E-state index in [4.69, 9.17) is 4.98 Å². The Morgan fingerprint density at radius 2 is 1.81 bits per heavy atom. The average Bonchev–Trinajstić information content (AvgIpc) is 2.70. The molecule has 0 fully saturated rings. The van der Waals surface area contributed by atoms with Crippen LogP contribution in [0.25, 0.3) is 11.5 Å². The van der Waals surface area contributed by atoms with Gasteiger partial charge in [0.1, 0.15) is 11.5 Å². The highest BCUT2D eigenvalue weighted by atomic mass is 15.1. The van der Waals surface area contributed by atoms with E-state index in [0.29, 0.717) is 5.82 Å². The van der Waals surface area contributed by atoms with Crippen molar-refractivity contribution in [1.29, 1.82) is 0 Å². The van der Waals surface area contributed by atoms with Crippen molar-refractivity contribution in [3.05, 3.63) is 71.0 Å². The van der Waals surface area contributed by atoms with E-state index in [1.807, 2.05) is 32.0 Å². The molecule has 0 aliphatic rings. The molecule has 1 N–H and O–H groups in total. The van der Waals surface area contributed by atoms with Gasteiger partial charge in [0.25, 0.3) is 0 Å². The first-order valence-electron chi connectivity index (χ1n) is 9.33. The summed E-state index contributed by atoms with van der Waals surface area (Å²) in [4.78, 5) is 16.0. The Morgan fingerprint density at radius 3 is 2.56 bits per heavy atom. The van der Waals surface area contributed by atoms with E-state index < -0.39 is 0 Å². The van der Waals surface area contributed by atoms with Crippen molar-refractivity contribution in [2.75, 3.05) is 18.9 Å². The molecule has 2 heterocycles. The number of aromatic nitrogens is 3. The monoisotopic (exact) mass is 361 g/mol. The van der Waals surface area contributed by atoms with Gasteiger partial charge in [0.2, 0.25) is 0 Å². The van der Waals surface area contributed by atoms with Crippen LogP contribution in [0, 0.1) is 13.8 Å². The third-order valence-electron chi connectivity index (χ3n) is 4.73. The molecule has 0 amide bonds. The van der Waals surface area contributed by atoms with Crippen molar-refractivity contribution < 1.29 is 0 Å². The quantitative estimate of drug-likeness (QED) is 0.683. The second-order valence-corrected chi connectivity index (χ2v) is 6.83. The molecule has 0 unspecified atom stereocenters. The Kier molecular flexibility index (Phi) is 6.14. The molecule has 0 aliphatic carbocycles. The molecule has 27 heavy (non-hydrogen) atoms. The number of hydrogen-bond acceptors (Lipinski definition) is 5.